The van der Waals surface area contributed by atoms with E-state index in [-0.39, 0.29) is 11.8 Å². The van der Waals surface area contributed by atoms with Crippen LogP contribution in [0.5, 0.6) is 0 Å². The summed E-state index contributed by atoms with van der Waals surface area (Å²) in [5.41, 5.74) is 0.629. The molecule has 7 nitrogen and oxygen atoms in total. The zero-order chi connectivity index (χ0) is 19.0. The Balaban J connectivity index is 1.38. The van der Waals surface area contributed by atoms with Crippen LogP contribution in [-0.4, -0.2) is 65.5 Å². The number of hydrogen-bond donors (Lipinski definition) is 1. The van der Waals surface area contributed by atoms with Crippen LogP contribution in [0, 0.1) is 0 Å². The first kappa shape index (κ1) is 18.4. The number of carbonyl (C=O) groups is 3. The summed E-state index contributed by atoms with van der Waals surface area (Å²) < 4.78 is 6.14. The topological polar surface area (TPSA) is 87.2 Å². The summed E-state index contributed by atoms with van der Waals surface area (Å²) in [5, 5.41) is 9.29. The van der Waals surface area contributed by atoms with E-state index in [4.69, 9.17) is 4.74 Å². The molecule has 3 aliphatic rings. The normalized spacial score (nSPS) is 21.6. The zero-order valence-corrected chi connectivity index (χ0v) is 16.1. The molecule has 0 atom stereocenters. The highest BCUT2D eigenvalue weighted by atomic mass is 32.1. The van der Waals surface area contributed by atoms with Crippen molar-refractivity contribution in [2.24, 2.45) is 0 Å². The third-order valence-corrected chi connectivity index (χ3v) is 7.22. The predicted octanol–water partition coefficient (Wildman–Crippen LogP) is 1.85. The van der Waals surface area contributed by atoms with E-state index < -0.39 is 11.6 Å². The van der Waals surface area contributed by atoms with Crippen molar-refractivity contribution < 1.29 is 24.2 Å². The van der Waals surface area contributed by atoms with E-state index in [1.54, 1.807) is 11.0 Å². The number of rotatable bonds is 4. The number of thiophene rings is 1. The van der Waals surface area contributed by atoms with Crippen LogP contribution in [0.3, 0.4) is 0 Å². The summed E-state index contributed by atoms with van der Waals surface area (Å²) in [4.78, 5) is 40.6. The van der Waals surface area contributed by atoms with Gasteiger partial charge >= 0.3 is 5.97 Å². The third kappa shape index (κ3) is 3.48. The van der Waals surface area contributed by atoms with Gasteiger partial charge in [-0.05, 0) is 37.3 Å². The lowest BCUT2D eigenvalue weighted by Crippen LogP contribution is -2.48. The van der Waals surface area contributed by atoms with E-state index in [1.807, 2.05) is 4.90 Å². The summed E-state index contributed by atoms with van der Waals surface area (Å²) in [6.07, 6.45) is 3.97. The standard InChI is InChI=1S/C19H24N2O5S/c22-15-2-1-7-20(15)8-3-16(23)21-9-5-19(6-10-21)17-13(4-11-26-19)12-14(27-17)18(24)25/h12H,1-11H2,(H,24,25). The molecule has 0 aliphatic carbocycles. The van der Waals surface area contributed by atoms with Gasteiger partial charge in [0.1, 0.15) is 10.5 Å². The van der Waals surface area contributed by atoms with E-state index in [9.17, 15) is 19.5 Å². The number of amides is 2. The molecule has 2 fully saturated rings. The molecule has 4 rings (SSSR count). The number of hydrogen-bond acceptors (Lipinski definition) is 5. The molecule has 4 heterocycles. The summed E-state index contributed by atoms with van der Waals surface area (Å²) in [6.45, 7) is 3.07. The van der Waals surface area contributed by atoms with E-state index in [0.29, 0.717) is 56.8 Å². The number of nitrogens with zero attached hydrogens (tertiary/aromatic N) is 2. The van der Waals surface area contributed by atoms with Crippen LogP contribution in [0.4, 0.5) is 0 Å². The Morgan fingerprint density at radius 3 is 2.67 bits per heavy atom. The Labute approximate surface area is 161 Å². The van der Waals surface area contributed by atoms with Gasteiger partial charge < -0.3 is 19.6 Å². The van der Waals surface area contributed by atoms with E-state index in [1.165, 1.54) is 11.3 Å². The van der Waals surface area contributed by atoms with Crippen molar-refractivity contribution in [2.45, 2.75) is 44.1 Å². The lowest BCUT2D eigenvalue weighted by Gasteiger charge is -2.43. The van der Waals surface area contributed by atoms with Crippen molar-refractivity contribution in [3.8, 4) is 0 Å². The Hall–Kier alpha value is -1.93. The quantitative estimate of drug-likeness (QED) is 0.845. The van der Waals surface area contributed by atoms with Crippen molar-refractivity contribution in [1.82, 2.24) is 9.80 Å². The van der Waals surface area contributed by atoms with Gasteiger partial charge in [0.15, 0.2) is 0 Å². The molecule has 2 saturated heterocycles. The number of carboxylic acid groups (broad SMARTS) is 1. The number of fused-ring (bicyclic) bond motifs is 2. The molecular weight excluding hydrogens is 368 g/mol. The minimum Gasteiger partial charge on any atom is -0.477 e. The fourth-order valence-electron chi connectivity index (χ4n) is 4.35. The van der Waals surface area contributed by atoms with Crippen LogP contribution in [0.2, 0.25) is 0 Å². The maximum Gasteiger partial charge on any atom is 0.345 e. The Bertz CT molecular complexity index is 766. The van der Waals surface area contributed by atoms with Crippen LogP contribution < -0.4 is 0 Å². The van der Waals surface area contributed by atoms with Crippen molar-refractivity contribution in [3.63, 3.8) is 0 Å². The summed E-state index contributed by atoms with van der Waals surface area (Å²) >= 11 is 1.31. The summed E-state index contributed by atoms with van der Waals surface area (Å²) in [5.74, 6) is -0.665. The lowest BCUT2D eigenvalue weighted by atomic mass is 9.85. The molecule has 2 amide bonds. The van der Waals surface area contributed by atoms with Crippen LogP contribution in [0.1, 0.15) is 52.2 Å². The second-order valence-corrected chi connectivity index (χ2v) is 8.53. The van der Waals surface area contributed by atoms with Crippen LogP contribution in [0.15, 0.2) is 6.07 Å². The number of piperidine rings is 1. The average molecular weight is 392 g/mol. The fourth-order valence-corrected chi connectivity index (χ4v) is 5.59. The van der Waals surface area contributed by atoms with Crippen molar-refractivity contribution in [2.75, 3.05) is 32.8 Å². The maximum atomic E-state index is 12.5. The first-order valence-corrected chi connectivity index (χ1v) is 10.4. The van der Waals surface area contributed by atoms with Gasteiger partial charge in [0.05, 0.1) is 6.61 Å². The predicted molar refractivity (Wildman–Crippen MR) is 98.9 cm³/mol. The molecule has 0 radical (unpaired) electrons. The molecule has 1 aromatic heterocycles. The molecule has 146 valence electrons. The molecule has 1 aromatic rings. The van der Waals surface area contributed by atoms with Gasteiger partial charge in [0.2, 0.25) is 11.8 Å². The molecule has 0 saturated carbocycles. The number of carboxylic acids is 1. The van der Waals surface area contributed by atoms with E-state index in [2.05, 4.69) is 0 Å². The molecule has 0 bridgehead atoms. The van der Waals surface area contributed by atoms with Crippen LogP contribution >= 0.6 is 11.3 Å². The van der Waals surface area contributed by atoms with Gasteiger partial charge in [0.25, 0.3) is 0 Å². The largest absolute Gasteiger partial charge is 0.477 e. The average Bonchev–Trinajstić information content (AvgIpc) is 3.28. The molecular formula is C19H24N2O5S. The molecule has 0 unspecified atom stereocenters. The van der Waals surface area contributed by atoms with Crippen molar-refractivity contribution in [3.05, 3.63) is 21.4 Å². The van der Waals surface area contributed by atoms with Gasteiger partial charge in [-0.3, -0.25) is 9.59 Å². The lowest BCUT2D eigenvalue weighted by molar-refractivity contribution is -0.140. The SMILES string of the molecule is O=C(O)c1cc2c(s1)C1(CCN(C(=O)CCN3CCCC3=O)CC1)OCC2. The third-order valence-electron chi connectivity index (χ3n) is 5.87. The summed E-state index contributed by atoms with van der Waals surface area (Å²) in [6, 6.07) is 1.77. The second kappa shape index (κ2) is 7.24. The molecule has 8 heteroatoms. The number of aromatic carboxylic acids is 1. The fraction of sp³-hybridized carbons (Fsp3) is 0.632. The highest BCUT2D eigenvalue weighted by Gasteiger charge is 2.43. The first-order chi connectivity index (χ1) is 13.0. The highest BCUT2D eigenvalue weighted by Crippen LogP contribution is 2.45. The molecule has 27 heavy (non-hydrogen) atoms. The monoisotopic (exact) mass is 392 g/mol. The summed E-state index contributed by atoms with van der Waals surface area (Å²) in [7, 11) is 0. The Morgan fingerprint density at radius 1 is 1.22 bits per heavy atom. The second-order valence-electron chi connectivity index (χ2n) is 7.48. The number of ether oxygens (including phenoxy) is 1. The number of carbonyl (C=O) groups excluding carboxylic acids is 2. The molecule has 0 aromatic carbocycles. The van der Waals surface area contributed by atoms with E-state index >= 15 is 0 Å². The van der Waals surface area contributed by atoms with Gasteiger partial charge in [-0.2, -0.15) is 0 Å². The van der Waals surface area contributed by atoms with Crippen molar-refractivity contribution >= 4 is 29.1 Å². The van der Waals surface area contributed by atoms with Gasteiger partial charge in [0, 0.05) is 43.9 Å². The minimum absolute atomic E-state index is 0.0815. The highest BCUT2D eigenvalue weighted by molar-refractivity contribution is 7.14. The zero-order valence-electron chi connectivity index (χ0n) is 15.2. The molecule has 1 spiro atoms. The Kier molecular flexibility index (Phi) is 4.94. The van der Waals surface area contributed by atoms with Gasteiger partial charge in [-0.1, -0.05) is 0 Å². The molecule has 3 aliphatic heterocycles. The Morgan fingerprint density at radius 2 is 2.00 bits per heavy atom. The smallest absolute Gasteiger partial charge is 0.345 e. The van der Waals surface area contributed by atoms with Gasteiger partial charge in [-0.25, -0.2) is 4.79 Å². The molecule has 1 N–H and O–H groups in total. The van der Waals surface area contributed by atoms with Crippen LogP contribution in [-0.2, 0) is 26.3 Å². The number of likely N-dealkylation sites (tertiary alicyclic amines) is 2. The maximum absolute atomic E-state index is 12.5. The van der Waals surface area contributed by atoms with E-state index in [0.717, 1.165) is 29.8 Å². The van der Waals surface area contributed by atoms with Crippen molar-refractivity contribution in [1.29, 1.82) is 0 Å². The van der Waals surface area contributed by atoms with Gasteiger partial charge in [-0.15, -0.1) is 11.3 Å². The minimum atomic E-state index is -0.895. The van der Waals surface area contributed by atoms with Crippen LogP contribution in [0.25, 0.3) is 0 Å². The first-order valence-electron chi connectivity index (χ1n) is 9.54.